The van der Waals surface area contributed by atoms with Gasteiger partial charge in [0.05, 0.1) is 7.11 Å². The molecule has 1 atom stereocenters. The Labute approximate surface area is 81.3 Å². The molecule has 5 nitrogen and oxygen atoms in total. The van der Waals surface area contributed by atoms with Crippen molar-refractivity contribution in [1.29, 1.82) is 0 Å². The fourth-order valence-corrected chi connectivity index (χ4v) is 1.06. The van der Waals surface area contributed by atoms with E-state index in [1.165, 1.54) is 19.2 Å². The van der Waals surface area contributed by atoms with Gasteiger partial charge in [-0.1, -0.05) is 6.07 Å². The predicted octanol–water partition coefficient (Wildman–Crippen LogP) is -0.114. The Hall–Kier alpha value is -1.75. The van der Waals surface area contributed by atoms with E-state index in [0.717, 1.165) is 0 Å². The quantitative estimate of drug-likeness (QED) is 0.627. The van der Waals surface area contributed by atoms with E-state index >= 15 is 0 Å². The molecule has 5 N–H and O–H groups in total. The Morgan fingerprint density at radius 3 is 2.64 bits per heavy atom. The average Bonchev–Trinajstić information content (AvgIpc) is 2.16. The number of hydrogen-bond acceptors (Lipinski definition) is 4. The molecule has 0 saturated heterocycles. The number of methoxy groups -OCH3 is 1. The van der Waals surface area contributed by atoms with Crippen LogP contribution in [0.1, 0.15) is 11.6 Å². The van der Waals surface area contributed by atoms with Gasteiger partial charge >= 0.3 is 0 Å². The van der Waals surface area contributed by atoms with Gasteiger partial charge in [-0.05, 0) is 17.7 Å². The highest BCUT2D eigenvalue weighted by molar-refractivity contribution is 5.81. The number of amides is 1. The average molecular weight is 196 g/mol. The maximum absolute atomic E-state index is 10.7. The lowest BCUT2D eigenvalue weighted by Crippen LogP contribution is -2.28. The number of phenolic OH excluding ortho intramolecular Hbond substituents is 1. The van der Waals surface area contributed by atoms with Crippen molar-refractivity contribution in [2.24, 2.45) is 11.5 Å². The second-order valence-electron chi connectivity index (χ2n) is 2.81. The molecule has 14 heavy (non-hydrogen) atoms. The van der Waals surface area contributed by atoms with Gasteiger partial charge in [0, 0.05) is 0 Å². The van der Waals surface area contributed by atoms with Gasteiger partial charge in [0.1, 0.15) is 6.04 Å². The Morgan fingerprint density at radius 1 is 1.57 bits per heavy atom. The summed E-state index contributed by atoms with van der Waals surface area (Å²) < 4.78 is 4.83. The van der Waals surface area contributed by atoms with E-state index in [0.29, 0.717) is 11.3 Å². The van der Waals surface area contributed by atoms with Gasteiger partial charge in [0.2, 0.25) is 5.91 Å². The molecule has 0 aliphatic heterocycles. The van der Waals surface area contributed by atoms with Crippen molar-refractivity contribution < 1.29 is 14.6 Å². The third-order valence-corrected chi connectivity index (χ3v) is 1.87. The first-order valence-electron chi connectivity index (χ1n) is 3.98. The minimum atomic E-state index is -0.910. The van der Waals surface area contributed by atoms with E-state index in [1.54, 1.807) is 6.07 Å². The molecule has 1 amide bonds. The summed E-state index contributed by atoms with van der Waals surface area (Å²) in [4.78, 5) is 10.7. The number of aromatic hydroxyl groups is 1. The van der Waals surface area contributed by atoms with Crippen LogP contribution >= 0.6 is 0 Å². The molecule has 0 aliphatic rings. The normalized spacial score (nSPS) is 12.1. The summed E-state index contributed by atoms with van der Waals surface area (Å²) in [5.74, 6) is -0.387. The van der Waals surface area contributed by atoms with Crippen LogP contribution in [0.4, 0.5) is 0 Å². The number of nitrogens with two attached hydrogens (primary N) is 2. The fraction of sp³-hybridized carbons (Fsp3) is 0.222. The molecule has 1 aromatic carbocycles. The smallest absolute Gasteiger partial charge is 0.238 e. The molecule has 0 bridgehead atoms. The van der Waals surface area contributed by atoms with E-state index in [2.05, 4.69) is 0 Å². The number of carbonyl (C=O) groups excluding carboxylic acids is 1. The maximum Gasteiger partial charge on any atom is 0.238 e. The van der Waals surface area contributed by atoms with Gasteiger partial charge in [0.15, 0.2) is 11.5 Å². The van der Waals surface area contributed by atoms with E-state index in [4.69, 9.17) is 16.2 Å². The highest BCUT2D eigenvalue weighted by atomic mass is 16.5. The molecule has 1 aromatic rings. The molecule has 0 radical (unpaired) electrons. The molecule has 0 spiro atoms. The van der Waals surface area contributed by atoms with Gasteiger partial charge < -0.3 is 21.3 Å². The van der Waals surface area contributed by atoms with Crippen molar-refractivity contribution >= 4 is 5.91 Å². The summed E-state index contributed by atoms with van der Waals surface area (Å²) in [5.41, 5.74) is 10.9. The van der Waals surface area contributed by atoms with Crippen LogP contribution in [0.15, 0.2) is 18.2 Å². The SMILES string of the molecule is COc1ccc(C(N)C(N)=O)cc1O. The first-order valence-corrected chi connectivity index (χ1v) is 3.98. The summed E-state index contributed by atoms with van der Waals surface area (Å²) in [6.07, 6.45) is 0. The van der Waals surface area contributed by atoms with Crippen LogP contribution in [0.5, 0.6) is 11.5 Å². The van der Waals surface area contributed by atoms with E-state index in [1.807, 2.05) is 0 Å². The zero-order chi connectivity index (χ0) is 10.7. The molecule has 1 unspecified atom stereocenters. The molecule has 0 heterocycles. The lowest BCUT2D eigenvalue weighted by atomic mass is 10.1. The molecule has 1 rings (SSSR count). The highest BCUT2D eigenvalue weighted by Gasteiger charge is 2.13. The Morgan fingerprint density at radius 2 is 2.21 bits per heavy atom. The molecular weight excluding hydrogens is 184 g/mol. The van der Waals surface area contributed by atoms with Crippen LogP contribution in [0.3, 0.4) is 0 Å². The largest absolute Gasteiger partial charge is 0.504 e. The summed E-state index contributed by atoms with van der Waals surface area (Å²) in [6, 6.07) is 3.54. The Bertz CT molecular complexity index is 352. The van der Waals surface area contributed by atoms with E-state index in [9.17, 15) is 9.90 Å². The van der Waals surface area contributed by atoms with Crippen molar-refractivity contribution in [3.8, 4) is 11.5 Å². The number of rotatable bonds is 3. The number of primary amides is 1. The predicted molar refractivity (Wildman–Crippen MR) is 50.8 cm³/mol. The lowest BCUT2D eigenvalue weighted by molar-refractivity contribution is -0.119. The molecule has 0 saturated carbocycles. The topological polar surface area (TPSA) is 98.6 Å². The summed E-state index contributed by atoms with van der Waals surface area (Å²) in [6.45, 7) is 0. The third kappa shape index (κ3) is 1.94. The van der Waals surface area contributed by atoms with Gasteiger partial charge in [-0.25, -0.2) is 0 Å². The standard InChI is InChI=1S/C9H12N2O3/c1-14-7-3-2-5(4-6(7)12)8(10)9(11)13/h2-4,8,12H,10H2,1H3,(H2,11,13). The van der Waals surface area contributed by atoms with Crippen molar-refractivity contribution in [1.82, 2.24) is 0 Å². The Balaban J connectivity index is 3.02. The van der Waals surface area contributed by atoms with E-state index < -0.39 is 11.9 Å². The van der Waals surface area contributed by atoms with Gasteiger partial charge in [-0.2, -0.15) is 0 Å². The monoisotopic (exact) mass is 196 g/mol. The minimum absolute atomic E-state index is 0.0679. The molecule has 5 heteroatoms. The zero-order valence-electron chi connectivity index (χ0n) is 7.73. The second kappa shape index (κ2) is 3.97. The number of hydrogen-bond donors (Lipinski definition) is 3. The van der Waals surface area contributed by atoms with Crippen LogP contribution in [0, 0.1) is 0 Å². The summed E-state index contributed by atoms with van der Waals surface area (Å²) in [5, 5.41) is 9.39. The lowest BCUT2D eigenvalue weighted by Gasteiger charge is -2.09. The van der Waals surface area contributed by atoms with Crippen LogP contribution in [-0.4, -0.2) is 18.1 Å². The maximum atomic E-state index is 10.7. The summed E-state index contributed by atoms with van der Waals surface area (Å²) in [7, 11) is 1.43. The van der Waals surface area contributed by atoms with Gasteiger partial charge in [-0.15, -0.1) is 0 Å². The molecule has 0 aliphatic carbocycles. The minimum Gasteiger partial charge on any atom is -0.504 e. The van der Waals surface area contributed by atoms with Crippen LogP contribution < -0.4 is 16.2 Å². The second-order valence-corrected chi connectivity index (χ2v) is 2.81. The molecular formula is C9H12N2O3. The zero-order valence-corrected chi connectivity index (χ0v) is 7.73. The fourth-order valence-electron chi connectivity index (χ4n) is 1.06. The Kier molecular flexibility index (Phi) is 2.93. The molecule has 0 fully saturated rings. The number of ether oxygens (including phenoxy) is 1. The first kappa shape index (κ1) is 10.3. The van der Waals surface area contributed by atoms with Crippen molar-refractivity contribution in [2.75, 3.05) is 7.11 Å². The molecule has 76 valence electrons. The van der Waals surface area contributed by atoms with Gasteiger partial charge in [0.25, 0.3) is 0 Å². The van der Waals surface area contributed by atoms with Crippen LogP contribution in [-0.2, 0) is 4.79 Å². The number of phenols is 1. The van der Waals surface area contributed by atoms with Crippen molar-refractivity contribution in [3.05, 3.63) is 23.8 Å². The number of carbonyl (C=O) groups is 1. The first-order chi connectivity index (χ1) is 6.56. The van der Waals surface area contributed by atoms with Gasteiger partial charge in [-0.3, -0.25) is 4.79 Å². The van der Waals surface area contributed by atoms with Crippen LogP contribution in [0.25, 0.3) is 0 Å². The van der Waals surface area contributed by atoms with Crippen LogP contribution in [0.2, 0.25) is 0 Å². The van der Waals surface area contributed by atoms with Crippen molar-refractivity contribution in [3.63, 3.8) is 0 Å². The highest BCUT2D eigenvalue weighted by Crippen LogP contribution is 2.27. The molecule has 0 aromatic heterocycles. The summed E-state index contributed by atoms with van der Waals surface area (Å²) >= 11 is 0. The number of benzene rings is 1. The van der Waals surface area contributed by atoms with Crippen molar-refractivity contribution in [2.45, 2.75) is 6.04 Å². The van der Waals surface area contributed by atoms with E-state index in [-0.39, 0.29) is 5.75 Å². The third-order valence-electron chi connectivity index (χ3n) is 1.87.